The van der Waals surface area contributed by atoms with E-state index in [1.54, 1.807) is 37.7 Å². The van der Waals surface area contributed by atoms with Crippen molar-refractivity contribution in [1.29, 1.82) is 0 Å². The van der Waals surface area contributed by atoms with E-state index >= 15 is 0 Å². The Morgan fingerprint density at radius 1 is 1.19 bits per heavy atom. The molecule has 0 aromatic carbocycles. The number of amides is 2. The highest BCUT2D eigenvalue weighted by molar-refractivity contribution is 5.96. The lowest BCUT2D eigenvalue weighted by Crippen LogP contribution is -2.50. The number of anilines is 1. The van der Waals surface area contributed by atoms with Crippen molar-refractivity contribution < 1.29 is 14.3 Å². The van der Waals surface area contributed by atoms with Crippen LogP contribution in [0.25, 0.3) is 11.3 Å². The molecule has 2 aromatic heterocycles. The molecule has 1 atom stereocenters. The molecular formula is C23H34N6O3. The van der Waals surface area contributed by atoms with Crippen LogP contribution in [0.5, 0.6) is 0 Å². The number of aromatic nitrogens is 4. The molecule has 2 aromatic rings. The average molecular weight is 443 g/mol. The van der Waals surface area contributed by atoms with Gasteiger partial charge in [-0.3, -0.25) is 4.79 Å². The summed E-state index contributed by atoms with van der Waals surface area (Å²) in [6.45, 7) is 9.51. The summed E-state index contributed by atoms with van der Waals surface area (Å²) >= 11 is 0. The Labute approximate surface area is 189 Å². The minimum atomic E-state index is -0.678. The summed E-state index contributed by atoms with van der Waals surface area (Å²) in [6, 6.07) is 2.93. The smallest absolute Gasteiger partial charge is 0.408 e. The SMILES string of the molecule is Cc1nnn(C)c1-c1ccc(NC(=O)[C@@H](NC(=O)OC(C)(C)C)C2CCC(C)CC2)nc1. The number of aryl methyl sites for hydroxylation is 2. The van der Waals surface area contributed by atoms with E-state index in [-0.39, 0.29) is 11.8 Å². The largest absolute Gasteiger partial charge is 0.444 e. The first kappa shape index (κ1) is 23.7. The quantitative estimate of drug-likeness (QED) is 0.728. The number of hydrogen-bond acceptors (Lipinski definition) is 6. The minimum Gasteiger partial charge on any atom is -0.444 e. The second kappa shape index (κ2) is 9.67. The monoisotopic (exact) mass is 442 g/mol. The van der Waals surface area contributed by atoms with Gasteiger partial charge in [0.1, 0.15) is 17.5 Å². The van der Waals surface area contributed by atoms with Crippen LogP contribution in [0.15, 0.2) is 18.3 Å². The Morgan fingerprint density at radius 2 is 1.88 bits per heavy atom. The van der Waals surface area contributed by atoms with Crippen molar-refractivity contribution in [2.24, 2.45) is 18.9 Å². The molecule has 1 aliphatic rings. The summed E-state index contributed by atoms with van der Waals surface area (Å²) in [5.74, 6) is 0.831. The molecule has 1 fully saturated rings. The second-order valence-corrected chi connectivity index (χ2v) is 9.71. The van der Waals surface area contributed by atoms with Crippen LogP contribution in [0, 0.1) is 18.8 Å². The standard InChI is InChI=1S/C23H34N6O3/c1-14-7-9-16(10-8-14)19(26-22(31)32-23(3,4)5)21(30)25-18-12-11-17(13-24-18)20-15(2)27-28-29(20)6/h11-14,16,19H,7-10H2,1-6H3,(H,26,31)(H,24,25,30)/t14?,16?,19-/m0/s1. The number of alkyl carbamates (subject to hydrolysis) is 1. The Kier molecular flexibility index (Phi) is 7.16. The molecule has 2 heterocycles. The molecule has 0 unspecified atom stereocenters. The molecule has 0 spiro atoms. The highest BCUT2D eigenvalue weighted by atomic mass is 16.6. The van der Waals surface area contributed by atoms with Gasteiger partial charge in [-0.2, -0.15) is 0 Å². The van der Waals surface area contributed by atoms with Gasteiger partial charge in [-0.15, -0.1) is 5.10 Å². The highest BCUT2D eigenvalue weighted by Crippen LogP contribution is 2.31. The number of nitrogens with one attached hydrogen (secondary N) is 2. The second-order valence-electron chi connectivity index (χ2n) is 9.71. The highest BCUT2D eigenvalue weighted by Gasteiger charge is 2.34. The van der Waals surface area contributed by atoms with Gasteiger partial charge in [-0.1, -0.05) is 25.0 Å². The molecule has 1 aliphatic carbocycles. The molecule has 2 N–H and O–H groups in total. The molecule has 9 heteroatoms. The van der Waals surface area contributed by atoms with Crippen molar-refractivity contribution in [2.45, 2.75) is 71.9 Å². The zero-order chi connectivity index (χ0) is 23.5. The average Bonchev–Trinajstić information content (AvgIpc) is 3.04. The topological polar surface area (TPSA) is 111 Å². The fourth-order valence-corrected chi connectivity index (χ4v) is 4.12. The number of nitrogens with zero attached hydrogens (tertiary/aromatic N) is 4. The number of carbonyl (C=O) groups excluding carboxylic acids is 2. The Balaban J connectivity index is 1.73. The molecular weight excluding hydrogens is 408 g/mol. The van der Waals surface area contributed by atoms with E-state index in [9.17, 15) is 9.59 Å². The number of hydrogen-bond donors (Lipinski definition) is 2. The third kappa shape index (κ3) is 6.05. The van der Waals surface area contributed by atoms with E-state index in [2.05, 4.69) is 32.9 Å². The van der Waals surface area contributed by atoms with E-state index in [0.717, 1.165) is 42.6 Å². The zero-order valence-corrected chi connectivity index (χ0v) is 19.8. The fraction of sp³-hybridized carbons (Fsp3) is 0.609. The minimum absolute atomic E-state index is 0.0566. The molecule has 0 bridgehead atoms. The predicted octanol–water partition coefficient (Wildman–Crippen LogP) is 3.84. The van der Waals surface area contributed by atoms with Gasteiger partial charge in [0.2, 0.25) is 5.91 Å². The van der Waals surface area contributed by atoms with Crippen molar-refractivity contribution >= 4 is 17.8 Å². The van der Waals surface area contributed by atoms with Crippen LogP contribution in [-0.2, 0) is 16.6 Å². The van der Waals surface area contributed by atoms with Crippen LogP contribution in [-0.4, -0.2) is 43.6 Å². The van der Waals surface area contributed by atoms with Crippen molar-refractivity contribution in [1.82, 2.24) is 25.3 Å². The zero-order valence-electron chi connectivity index (χ0n) is 19.8. The molecule has 32 heavy (non-hydrogen) atoms. The van der Waals surface area contributed by atoms with Gasteiger partial charge in [0.05, 0.1) is 11.4 Å². The van der Waals surface area contributed by atoms with E-state index in [1.165, 1.54) is 0 Å². The third-order valence-corrected chi connectivity index (χ3v) is 5.77. The molecule has 0 aliphatic heterocycles. The van der Waals surface area contributed by atoms with Gasteiger partial charge >= 0.3 is 6.09 Å². The first-order valence-electron chi connectivity index (χ1n) is 11.2. The lowest BCUT2D eigenvalue weighted by molar-refractivity contribution is -0.119. The van der Waals surface area contributed by atoms with Crippen LogP contribution in [0.2, 0.25) is 0 Å². The Hall–Kier alpha value is -2.97. The molecule has 1 saturated carbocycles. The van der Waals surface area contributed by atoms with Crippen LogP contribution in [0.3, 0.4) is 0 Å². The van der Waals surface area contributed by atoms with Gasteiger partial charge < -0.3 is 15.4 Å². The Bertz CT molecular complexity index is 920. The summed E-state index contributed by atoms with van der Waals surface area (Å²) in [7, 11) is 1.82. The lowest BCUT2D eigenvalue weighted by atomic mass is 9.79. The van der Waals surface area contributed by atoms with Crippen LogP contribution < -0.4 is 10.6 Å². The molecule has 0 saturated heterocycles. The summed E-state index contributed by atoms with van der Waals surface area (Å²) in [5, 5.41) is 13.7. The number of rotatable bonds is 5. The predicted molar refractivity (Wildman–Crippen MR) is 122 cm³/mol. The Morgan fingerprint density at radius 3 is 2.41 bits per heavy atom. The first-order valence-corrected chi connectivity index (χ1v) is 11.2. The number of pyridine rings is 1. The molecule has 0 radical (unpaired) electrons. The van der Waals surface area contributed by atoms with Crippen molar-refractivity contribution in [3.05, 3.63) is 24.0 Å². The number of carbonyl (C=O) groups is 2. The summed E-state index contributed by atoms with van der Waals surface area (Å²) in [5.41, 5.74) is 1.90. The molecule has 9 nitrogen and oxygen atoms in total. The van der Waals surface area contributed by atoms with Crippen LogP contribution >= 0.6 is 0 Å². The van der Waals surface area contributed by atoms with E-state index in [4.69, 9.17) is 4.74 Å². The van der Waals surface area contributed by atoms with Crippen molar-refractivity contribution in [3.63, 3.8) is 0 Å². The van der Waals surface area contributed by atoms with Gasteiger partial charge in [-0.05, 0) is 64.5 Å². The normalized spacial score (nSPS) is 19.8. The van der Waals surface area contributed by atoms with Gasteiger partial charge in [0.15, 0.2) is 0 Å². The molecule has 2 amide bonds. The van der Waals surface area contributed by atoms with E-state index < -0.39 is 17.7 Å². The van der Waals surface area contributed by atoms with Crippen molar-refractivity contribution in [3.8, 4) is 11.3 Å². The van der Waals surface area contributed by atoms with Gasteiger partial charge in [0, 0.05) is 18.8 Å². The summed E-state index contributed by atoms with van der Waals surface area (Å²) < 4.78 is 7.09. The maximum Gasteiger partial charge on any atom is 0.408 e. The third-order valence-electron chi connectivity index (χ3n) is 5.77. The summed E-state index contributed by atoms with van der Waals surface area (Å²) in [4.78, 5) is 30.0. The van der Waals surface area contributed by atoms with E-state index in [1.807, 2.05) is 20.0 Å². The maximum atomic E-state index is 13.2. The molecule has 174 valence electrons. The molecule has 3 rings (SSSR count). The lowest BCUT2D eigenvalue weighted by Gasteiger charge is -2.32. The van der Waals surface area contributed by atoms with Gasteiger partial charge in [0.25, 0.3) is 0 Å². The maximum absolute atomic E-state index is 13.2. The van der Waals surface area contributed by atoms with Crippen LogP contribution in [0.1, 0.15) is 59.1 Å². The number of ether oxygens (including phenoxy) is 1. The van der Waals surface area contributed by atoms with Crippen molar-refractivity contribution in [2.75, 3.05) is 5.32 Å². The van der Waals surface area contributed by atoms with Gasteiger partial charge in [-0.25, -0.2) is 14.5 Å². The fourth-order valence-electron chi connectivity index (χ4n) is 4.12. The first-order chi connectivity index (χ1) is 15.0. The summed E-state index contributed by atoms with van der Waals surface area (Å²) in [6.07, 6.45) is 4.94. The van der Waals surface area contributed by atoms with E-state index in [0.29, 0.717) is 11.7 Å². The van der Waals surface area contributed by atoms with Crippen LogP contribution in [0.4, 0.5) is 10.6 Å².